The second kappa shape index (κ2) is 4.77. The Morgan fingerprint density at radius 3 is 3.13 bits per heavy atom. The Bertz CT molecular complexity index is 312. The van der Waals surface area contributed by atoms with Crippen LogP contribution in [0.2, 0.25) is 0 Å². The van der Waals surface area contributed by atoms with Gasteiger partial charge in [0.1, 0.15) is 0 Å². The zero-order valence-electron chi connectivity index (χ0n) is 9.58. The zero-order chi connectivity index (χ0) is 10.7. The summed E-state index contributed by atoms with van der Waals surface area (Å²) in [4.78, 5) is 0. The molecule has 84 valence electrons. The lowest BCUT2D eigenvalue weighted by atomic mass is 10.1. The summed E-state index contributed by atoms with van der Waals surface area (Å²) >= 11 is 0. The molecule has 0 saturated carbocycles. The highest BCUT2D eigenvalue weighted by Gasteiger charge is 2.12. The van der Waals surface area contributed by atoms with Gasteiger partial charge in [0.25, 0.3) is 0 Å². The van der Waals surface area contributed by atoms with Gasteiger partial charge < -0.3 is 10.6 Å². The Morgan fingerprint density at radius 1 is 1.67 bits per heavy atom. The molecule has 1 unspecified atom stereocenters. The molecule has 15 heavy (non-hydrogen) atoms. The third-order valence-electron chi connectivity index (χ3n) is 2.99. The fourth-order valence-corrected chi connectivity index (χ4v) is 2.10. The van der Waals surface area contributed by atoms with Gasteiger partial charge in [-0.1, -0.05) is 0 Å². The van der Waals surface area contributed by atoms with Crippen LogP contribution in [0.4, 0.5) is 0 Å². The van der Waals surface area contributed by atoms with Crippen molar-refractivity contribution in [1.29, 1.82) is 0 Å². The van der Waals surface area contributed by atoms with Crippen LogP contribution in [0.1, 0.15) is 24.1 Å². The second-order valence-electron chi connectivity index (χ2n) is 4.34. The van der Waals surface area contributed by atoms with Crippen molar-refractivity contribution in [2.75, 3.05) is 13.1 Å². The fourth-order valence-electron chi connectivity index (χ4n) is 2.10. The van der Waals surface area contributed by atoms with Gasteiger partial charge >= 0.3 is 0 Å². The summed E-state index contributed by atoms with van der Waals surface area (Å²) in [5.41, 5.74) is 2.44. The van der Waals surface area contributed by atoms with Gasteiger partial charge in [0.05, 0.1) is 5.69 Å². The minimum Gasteiger partial charge on any atom is -0.315 e. The van der Waals surface area contributed by atoms with Crippen LogP contribution >= 0.6 is 0 Å². The van der Waals surface area contributed by atoms with E-state index in [1.165, 1.54) is 24.9 Å². The third-order valence-corrected chi connectivity index (χ3v) is 2.99. The van der Waals surface area contributed by atoms with E-state index in [9.17, 15) is 0 Å². The number of piperidine rings is 1. The molecule has 0 aliphatic carbocycles. The van der Waals surface area contributed by atoms with Crippen molar-refractivity contribution in [3.8, 4) is 0 Å². The number of aryl methyl sites for hydroxylation is 2. The molecule has 4 heteroatoms. The minimum atomic E-state index is 0.623. The van der Waals surface area contributed by atoms with E-state index in [1.54, 1.807) is 0 Å². The minimum absolute atomic E-state index is 0.623. The van der Waals surface area contributed by atoms with Crippen LogP contribution in [0.25, 0.3) is 0 Å². The molecule has 0 radical (unpaired) electrons. The monoisotopic (exact) mass is 208 g/mol. The molecule has 0 spiro atoms. The Labute approximate surface area is 91.1 Å². The van der Waals surface area contributed by atoms with Crippen LogP contribution in [-0.2, 0) is 13.6 Å². The van der Waals surface area contributed by atoms with E-state index in [1.807, 2.05) is 11.7 Å². The number of hydrogen-bond acceptors (Lipinski definition) is 3. The summed E-state index contributed by atoms with van der Waals surface area (Å²) in [5.74, 6) is 0. The fraction of sp³-hybridized carbons (Fsp3) is 0.727. The molecule has 0 aromatic carbocycles. The summed E-state index contributed by atoms with van der Waals surface area (Å²) in [6.07, 6.45) is 4.66. The molecular weight excluding hydrogens is 188 g/mol. The van der Waals surface area contributed by atoms with Crippen LogP contribution in [0, 0.1) is 6.92 Å². The van der Waals surface area contributed by atoms with Crippen LogP contribution in [0.15, 0.2) is 6.20 Å². The van der Waals surface area contributed by atoms with E-state index in [2.05, 4.69) is 28.9 Å². The maximum absolute atomic E-state index is 4.34. The van der Waals surface area contributed by atoms with Gasteiger partial charge in [0.2, 0.25) is 0 Å². The van der Waals surface area contributed by atoms with E-state index in [-0.39, 0.29) is 0 Å². The van der Waals surface area contributed by atoms with Gasteiger partial charge in [0, 0.05) is 37.9 Å². The molecule has 1 aromatic heterocycles. The number of rotatable bonds is 3. The Balaban J connectivity index is 1.84. The first-order chi connectivity index (χ1) is 7.25. The molecular formula is C11H20N4. The third kappa shape index (κ3) is 2.79. The number of hydrogen-bond donors (Lipinski definition) is 2. The van der Waals surface area contributed by atoms with Crippen molar-refractivity contribution in [1.82, 2.24) is 20.4 Å². The molecule has 2 N–H and O–H groups in total. The predicted molar refractivity (Wildman–Crippen MR) is 60.7 cm³/mol. The molecule has 1 atom stereocenters. The van der Waals surface area contributed by atoms with Gasteiger partial charge in [0.15, 0.2) is 0 Å². The summed E-state index contributed by atoms with van der Waals surface area (Å²) < 4.78 is 1.88. The normalized spacial score (nSPS) is 21.9. The van der Waals surface area contributed by atoms with Gasteiger partial charge in [-0.15, -0.1) is 0 Å². The summed E-state index contributed by atoms with van der Waals surface area (Å²) in [6, 6.07) is 0.623. The summed E-state index contributed by atoms with van der Waals surface area (Å²) in [5, 5.41) is 11.3. The molecule has 2 heterocycles. The lowest BCUT2D eigenvalue weighted by molar-refractivity contribution is 0.389. The highest BCUT2D eigenvalue weighted by molar-refractivity contribution is 5.14. The highest BCUT2D eigenvalue weighted by atomic mass is 15.3. The Morgan fingerprint density at radius 2 is 2.53 bits per heavy atom. The van der Waals surface area contributed by atoms with Gasteiger partial charge in [-0.25, -0.2) is 0 Å². The van der Waals surface area contributed by atoms with Crippen molar-refractivity contribution < 1.29 is 0 Å². The van der Waals surface area contributed by atoms with Crippen LogP contribution in [-0.4, -0.2) is 28.9 Å². The van der Waals surface area contributed by atoms with Crippen molar-refractivity contribution >= 4 is 0 Å². The van der Waals surface area contributed by atoms with E-state index in [4.69, 9.17) is 0 Å². The zero-order valence-corrected chi connectivity index (χ0v) is 9.58. The predicted octanol–water partition coefficient (Wildman–Crippen LogP) is 0.570. The lowest BCUT2D eigenvalue weighted by Crippen LogP contribution is -2.42. The maximum atomic E-state index is 4.34. The van der Waals surface area contributed by atoms with Gasteiger partial charge in [-0.3, -0.25) is 4.68 Å². The Kier molecular flexibility index (Phi) is 3.38. The molecule has 4 nitrogen and oxygen atoms in total. The summed E-state index contributed by atoms with van der Waals surface area (Å²) in [6.45, 7) is 5.27. The smallest absolute Gasteiger partial charge is 0.0638 e. The molecule has 1 saturated heterocycles. The van der Waals surface area contributed by atoms with Crippen LogP contribution < -0.4 is 10.6 Å². The van der Waals surface area contributed by atoms with Crippen LogP contribution in [0.5, 0.6) is 0 Å². The standard InChI is InChI=1S/C11H20N4/c1-9-10(8-15(2)14-9)6-13-11-4-3-5-12-7-11/h8,11-13H,3-7H2,1-2H3. The van der Waals surface area contributed by atoms with Crippen LogP contribution in [0.3, 0.4) is 0 Å². The highest BCUT2D eigenvalue weighted by Crippen LogP contribution is 2.06. The van der Waals surface area contributed by atoms with Crippen molar-refractivity contribution in [3.05, 3.63) is 17.5 Å². The van der Waals surface area contributed by atoms with Crippen molar-refractivity contribution in [2.24, 2.45) is 7.05 Å². The molecule has 1 fully saturated rings. The number of aromatic nitrogens is 2. The first-order valence-electron chi connectivity index (χ1n) is 5.69. The van der Waals surface area contributed by atoms with Gasteiger partial charge in [-0.05, 0) is 26.3 Å². The number of nitrogens with zero attached hydrogens (tertiary/aromatic N) is 2. The topological polar surface area (TPSA) is 41.9 Å². The van der Waals surface area contributed by atoms with E-state index >= 15 is 0 Å². The SMILES string of the molecule is Cc1nn(C)cc1CNC1CCCNC1. The maximum Gasteiger partial charge on any atom is 0.0638 e. The van der Waals surface area contributed by atoms with E-state index < -0.39 is 0 Å². The van der Waals surface area contributed by atoms with E-state index in [0.29, 0.717) is 6.04 Å². The summed E-state index contributed by atoms with van der Waals surface area (Å²) in [7, 11) is 1.97. The molecule has 2 rings (SSSR count). The molecule has 1 aliphatic rings. The first-order valence-corrected chi connectivity index (χ1v) is 5.69. The average Bonchev–Trinajstić information content (AvgIpc) is 2.56. The largest absolute Gasteiger partial charge is 0.315 e. The molecule has 0 bridgehead atoms. The van der Waals surface area contributed by atoms with Crippen molar-refractivity contribution in [3.63, 3.8) is 0 Å². The lowest BCUT2D eigenvalue weighted by Gasteiger charge is -2.23. The average molecular weight is 208 g/mol. The quantitative estimate of drug-likeness (QED) is 0.763. The molecule has 0 amide bonds. The Hall–Kier alpha value is -0.870. The van der Waals surface area contributed by atoms with Gasteiger partial charge in [-0.2, -0.15) is 5.10 Å². The second-order valence-corrected chi connectivity index (χ2v) is 4.34. The van der Waals surface area contributed by atoms with Crippen molar-refractivity contribution in [2.45, 2.75) is 32.4 Å². The molecule has 1 aliphatic heterocycles. The number of nitrogens with one attached hydrogen (secondary N) is 2. The molecule has 1 aromatic rings. The van der Waals surface area contributed by atoms with E-state index in [0.717, 1.165) is 18.8 Å². The first kappa shape index (κ1) is 10.6.